The van der Waals surface area contributed by atoms with Crippen LogP contribution in [0.2, 0.25) is 0 Å². The molecule has 1 nitrogen and oxygen atoms in total. The zero-order valence-electron chi connectivity index (χ0n) is 23.2. The van der Waals surface area contributed by atoms with Gasteiger partial charge in [0.1, 0.15) is 0 Å². The van der Waals surface area contributed by atoms with Crippen LogP contribution in [0.5, 0.6) is 0 Å². The van der Waals surface area contributed by atoms with Crippen LogP contribution in [0.3, 0.4) is 0 Å². The van der Waals surface area contributed by atoms with Crippen LogP contribution in [0.1, 0.15) is 0 Å². The Kier molecular flexibility index (Phi) is 5.62. The van der Waals surface area contributed by atoms with Gasteiger partial charge in [-0.1, -0.05) is 109 Å². The summed E-state index contributed by atoms with van der Waals surface area (Å²) in [5, 5.41) is 7.80. The standard InChI is InChI=1S/C40H25NS2/c1-2-11-26(12-3-1)27-14-10-15-29(23-27)41(30-21-22-33-32-17-6-8-19-36(32)42-38(33)25-30)35-24-28-13-4-5-16-31(28)40-39(35)34-18-7-9-20-37(34)43-40/h1-25H. The van der Waals surface area contributed by atoms with E-state index in [1.54, 1.807) is 0 Å². The van der Waals surface area contributed by atoms with E-state index in [1.807, 2.05) is 22.7 Å². The van der Waals surface area contributed by atoms with Gasteiger partial charge in [-0.25, -0.2) is 0 Å². The minimum Gasteiger partial charge on any atom is -0.310 e. The highest BCUT2D eigenvalue weighted by atomic mass is 32.1. The zero-order chi connectivity index (χ0) is 28.3. The Labute approximate surface area is 257 Å². The van der Waals surface area contributed by atoms with Crippen LogP contribution in [0.4, 0.5) is 17.1 Å². The fraction of sp³-hybridized carbons (Fsp3) is 0. The first-order chi connectivity index (χ1) is 21.3. The van der Waals surface area contributed by atoms with Gasteiger partial charge in [-0.3, -0.25) is 0 Å². The van der Waals surface area contributed by atoms with Crippen LogP contribution in [0.15, 0.2) is 152 Å². The van der Waals surface area contributed by atoms with E-state index in [0.717, 1.165) is 11.4 Å². The normalized spacial score (nSPS) is 11.7. The summed E-state index contributed by atoms with van der Waals surface area (Å²) in [6.07, 6.45) is 0. The summed E-state index contributed by atoms with van der Waals surface area (Å²) in [6, 6.07) is 55.4. The summed E-state index contributed by atoms with van der Waals surface area (Å²) in [7, 11) is 0. The lowest BCUT2D eigenvalue weighted by Gasteiger charge is -2.27. The predicted octanol–water partition coefficient (Wildman–Crippen LogP) is 12.7. The molecule has 0 amide bonds. The summed E-state index contributed by atoms with van der Waals surface area (Å²) in [4.78, 5) is 2.48. The highest BCUT2D eigenvalue weighted by Gasteiger charge is 2.21. The second-order valence-electron chi connectivity index (χ2n) is 10.9. The number of fused-ring (bicyclic) bond motifs is 8. The summed E-state index contributed by atoms with van der Waals surface area (Å²) in [5.41, 5.74) is 5.94. The average Bonchev–Trinajstić information content (AvgIpc) is 3.64. The number of rotatable bonds is 4. The molecule has 0 saturated carbocycles. The fourth-order valence-electron chi connectivity index (χ4n) is 6.45. The summed E-state index contributed by atoms with van der Waals surface area (Å²) >= 11 is 3.76. The van der Waals surface area contributed by atoms with Crippen molar-refractivity contribution in [1.82, 2.24) is 0 Å². The van der Waals surface area contributed by atoms with Crippen molar-refractivity contribution in [3.05, 3.63) is 152 Å². The molecule has 0 radical (unpaired) electrons. The fourth-order valence-corrected chi connectivity index (χ4v) is 8.85. The van der Waals surface area contributed by atoms with Crippen molar-refractivity contribution in [1.29, 1.82) is 0 Å². The molecule has 0 fully saturated rings. The third-order valence-electron chi connectivity index (χ3n) is 8.42. The Morgan fingerprint density at radius 1 is 0.395 bits per heavy atom. The molecule has 9 aromatic rings. The van der Waals surface area contributed by atoms with Gasteiger partial charge in [0.05, 0.1) is 5.69 Å². The van der Waals surface area contributed by atoms with Crippen molar-refractivity contribution in [3.8, 4) is 11.1 Å². The van der Waals surface area contributed by atoms with Gasteiger partial charge in [-0.15, -0.1) is 22.7 Å². The molecule has 7 aromatic carbocycles. The molecule has 9 rings (SSSR count). The van der Waals surface area contributed by atoms with Gasteiger partial charge in [-0.2, -0.15) is 0 Å². The van der Waals surface area contributed by atoms with Crippen LogP contribution < -0.4 is 4.90 Å². The van der Waals surface area contributed by atoms with Gasteiger partial charge in [0.2, 0.25) is 0 Å². The third kappa shape index (κ3) is 3.97. The molecule has 0 bridgehead atoms. The molecule has 0 saturated heterocycles. The molecular weight excluding hydrogens is 559 g/mol. The van der Waals surface area contributed by atoms with Crippen LogP contribution in [-0.4, -0.2) is 0 Å². The van der Waals surface area contributed by atoms with E-state index >= 15 is 0 Å². The van der Waals surface area contributed by atoms with Crippen molar-refractivity contribution >= 4 is 90.9 Å². The van der Waals surface area contributed by atoms with Crippen LogP contribution >= 0.6 is 22.7 Å². The van der Waals surface area contributed by atoms with Crippen molar-refractivity contribution in [2.24, 2.45) is 0 Å². The second kappa shape index (κ2) is 9.81. The largest absolute Gasteiger partial charge is 0.310 e. The highest BCUT2D eigenvalue weighted by Crippen LogP contribution is 2.49. The first kappa shape index (κ1) is 24.6. The molecule has 202 valence electrons. The number of hydrogen-bond donors (Lipinski definition) is 0. The molecular formula is C40H25NS2. The van der Waals surface area contributed by atoms with E-state index in [2.05, 4.69) is 157 Å². The number of thiophene rings is 2. The van der Waals surface area contributed by atoms with Crippen LogP contribution in [0.25, 0.3) is 62.2 Å². The predicted molar refractivity (Wildman–Crippen MR) is 190 cm³/mol. The Hall–Kier alpha value is -4.96. The monoisotopic (exact) mass is 583 g/mol. The molecule has 2 aromatic heterocycles. The smallest absolute Gasteiger partial charge is 0.0561 e. The van der Waals surface area contributed by atoms with Gasteiger partial charge < -0.3 is 4.90 Å². The maximum absolute atomic E-state index is 2.48. The molecule has 43 heavy (non-hydrogen) atoms. The zero-order valence-corrected chi connectivity index (χ0v) is 24.8. The summed E-state index contributed by atoms with van der Waals surface area (Å²) in [6.45, 7) is 0. The Morgan fingerprint density at radius 2 is 1.05 bits per heavy atom. The maximum Gasteiger partial charge on any atom is 0.0561 e. The lowest BCUT2D eigenvalue weighted by molar-refractivity contribution is 1.31. The minimum absolute atomic E-state index is 1.15. The lowest BCUT2D eigenvalue weighted by Crippen LogP contribution is -2.10. The van der Waals surface area contributed by atoms with Gasteiger partial charge in [-0.05, 0) is 64.4 Å². The molecule has 3 heteroatoms. The molecule has 0 spiro atoms. The number of anilines is 3. The topological polar surface area (TPSA) is 3.24 Å². The van der Waals surface area contributed by atoms with E-state index in [9.17, 15) is 0 Å². The lowest BCUT2D eigenvalue weighted by atomic mass is 10.0. The Bertz CT molecular complexity index is 2470. The van der Waals surface area contributed by atoms with Crippen molar-refractivity contribution in [2.75, 3.05) is 4.90 Å². The van der Waals surface area contributed by atoms with Crippen molar-refractivity contribution < 1.29 is 0 Å². The molecule has 0 aliphatic carbocycles. The van der Waals surface area contributed by atoms with Gasteiger partial charge in [0.25, 0.3) is 0 Å². The van der Waals surface area contributed by atoms with E-state index in [0.29, 0.717) is 0 Å². The SMILES string of the molecule is c1ccc(-c2cccc(N(c3ccc4c(c3)sc3ccccc34)c3cc4ccccc4c4sc5ccccc5c34)c2)cc1. The maximum atomic E-state index is 2.48. The number of benzene rings is 7. The van der Waals surface area contributed by atoms with E-state index < -0.39 is 0 Å². The number of hydrogen-bond acceptors (Lipinski definition) is 3. The minimum atomic E-state index is 1.15. The molecule has 0 N–H and O–H groups in total. The highest BCUT2D eigenvalue weighted by molar-refractivity contribution is 7.27. The average molecular weight is 584 g/mol. The van der Waals surface area contributed by atoms with Crippen molar-refractivity contribution in [2.45, 2.75) is 0 Å². The third-order valence-corrected chi connectivity index (χ3v) is 10.8. The van der Waals surface area contributed by atoms with Gasteiger partial charge >= 0.3 is 0 Å². The Balaban J connectivity index is 1.38. The van der Waals surface area contributed by atoms with Crippen LogP contribution in [0, 0.1) is 0 Å². The van der Waals surface area contributed by atoms with Crippen LogP contribution in [-0.2, 0) is 0 Å². The molecule has 0 unspecified atom stereocenters. The summed E-state index contributed by atoms with van der Waals surface area (Å²) < 4.78 is 5.27. The van der Waals surface area contributed by atoms with E-state index in [4.69, 9.17) is 0 Å². The van der Waals surface area contributed by atoms with E-state index in [-0.39, 0.29) is 0 Å². The quantitative estimate of drug-likeness (QED) is 0.199. The van der Waals surface area contributed by atoms with E-state index in [1.165, 1.54) is 67.9 Å². The molecule has 2 heterocycles. The summed E-state index contributed by atoms with van der Waals surface area (Å²) in [5.74, 6) is 0. The van der Waals surface area contributed by atoms with Gasteiger partial charge in [0, 0.05) is 51.7 Å². The first-order valence-electron chi connectivity index (χ1n) is 14.5. The first-order valence-corrected chi connectivity index (χ1v) is 16.1. The molecule has 0 atom stereocenters. The molecule has 0 aliphatic rings. The van der Waals surface area contributed by atoms with Gasteiger partial charge in [0.15, 0.2) is 0 Å². The second-order valence-corrected chi connectivity index (χ2v) is 13.1. The Morgan fingerprint density at radius 3 is 1.91 bits per heavy atom. The number of nitrogens with zero attached hydrogens (tertiary/aromatic N) is 1. The molecule has 0 aliphatic heterocycles. The van der Waals surface area contributed by atoms with Crippen molar-refractivity contribution in [3.63, 3.8) is 0 Å².